The van der Waals surface area contributed by atoms with E-state index in [1.54, 1.807) is 12.5 Å². The number of hydrogen-bond donors (Lipinski definition) is 1. The number of amides is 1. The van der Waals surface area contributed by atoms with Gasteiger partial charge in [0, 0.05) is 56.3 Å². The highest BCUT2D eigenvalue weighted by molar-refractivity contribution is 5.77. The molecule has 2 aliphatic rings. The second-order valence-electron chi connectivity index (χ2n) is 9.90. The number of fused-ring (bicyclic) bond motifs is 1. The number of carbonyl (C=O) groups is 1. The number of carbonyl (C=O) groups excluding carboxylic acids is 1. The van der Waals surface area contributed by atoms with Crippen molar-refractivity contribution in [1.29, 1.82) is 0 Å². The zero-order chi connectivity index (χ0) is 26.5. The fraction of sp³-hybridized carbons (Fsp3) is 0.500. The topological polar surface area (TPSA) is 97.6 Å². The minimum atomic E-state index is 0.00703. The number of aryl methyl sites for hydroxylation is 1. The number of piperazine rings is 1. The molecule has 5 rings (SSSR count). The van der Waals surface area contributed by atoms with Gasteiger partial charge in [0.1, 0.15) is 12.1 Å². The van der Waals surface area contributed by atoms with Gasteiger partial charge >= 0.3 is 0 Å². The molecule has 202 valence electrons. The first-order chi connectivity index (χ1) is 18.6. The Bertz CT molecular complexity index is 1250. The molecule has 10 nitrogen and oxygen atoms in total. The highest BCUT2D eigenvalue weighted by atomic mass is 16.7. The largest absolute Gasteiger partial charge is 0.454 e. The molecule has 2 aromatic heterocycles. The summed E-state index contributed by atoms with van der Waals surface area (Å²) in [4.78, 5) is 32.0. The predicted octanol–water partition coefficient (Wildman–Crippen LogP) is 3.26. The summed E-state index contributed by atoms with van der Waals surface area (Å²) in [6, 6.07) is 5.78. The smallest absolute Gasteiger partial charge is 0.237 e. The first kappa shape index (κ1) is 26.0. The van der Waals surface area contributed by atoms with Crippen molar-refractivity contribution in [3.05, 3.63) is 53.7 Å². The monoisotopic (exact) mass is 519 g/mol. The van der Waals surface area contributed by atoms with Gasteiger partial charge in [-0.05, 0) is 44.0 Å². The minimum absolute atomic E-state index is 0.00703. The lowest BCUT2D eigenvalue weighted by Gasteiger charge is -2.43. The van der Waals surface area contributed by atoms with Crippen LogP contribution in [-0.4, -0.2) is 69.3 Å². The number of nitrogens with one attached hydrogen (secondary N) is 1. The van der Waals surface area contributed by atoms with Gasteiger partial charge in [0.05, 0.1) is 6.04 Å². The Kier molecular flexibility index (Phi) is 8.07. The lowest BCUT2D eigenvalue weighted by molar-refractivity contribution is -0.121. The van der Waals surface area contributed by atoms with Crippen molar-refractivity contribution in [2.75, 3.05) is 37.9 Å². The maximum Gasteiger partial charge on any atom is 0.237 e. The Hall–Kier alpha value is -3.66. The van der Waals surface area contributed by atoms with E-state index in [1.807, 2.05) is 35.9 Å². The van der Waals surface area contributed by atoms with E-state index in [0.717, 1.165) is 79.6 Å². The quantitative estimate of drug-likeness (QED) is 0.436. The molecule has 0 spiro atoms. The molecule has 1 amide bonds. The van der Waals surface area contributed by atoms with Crippen LogP contribution in [0.2, 0.25) is 0 Å². The van der Waals surface area contributed by atoms with E-state index >= 15 is 0 Å². The SMILES string of the molecule is CCCCN1CCN(c2nc(-n3ccnc3)nc(C)c2CC)C(CC(=O)NCc2ccc3c(c2)OCO3)C1. The van der Waals surface area contributed by atoms with Gasteiger partial charge in [0.2, 0.25) is 18.6 Å². The van der Waals surface area contributed by atoms with E-state index in [9.17, 15) is 4.79 Å². The van der Waals surface area contributed by atoms with E-state index in [-0.39, 0.29) is 18.7 Å². The highest BCUT2D eigenvalue weighted by Gasteiger charge is 2.31. The average Bonchev–Trinajstić information content (AvgIpc) is 3.63. The highest BCUT2D eigenvalue weighted by Crippen LogP contribution is 2.32. The third kappa shape index (κ3) is 5.75. The normalized spacial score (nSPS) is 17.1. The van der Waals surface area contributed by atoms with Gasteiger partial charge in [-0.2, -0.15) is 4.98 Å². The number of anilines is 1. The number of benzene rings is 1. The Morgan fingerprint density at radius 1 is 1.16 bits per heavy atom. The van der Waals surface area contributed by atoms with Crippen molar-refractivity contribution in [1.82, 2.24) is 29.7 Å². The van der Waals surface area contributed by atoms with Crippen molar-refractivity contribution < 1.29 is 14.3 Å². The standard InChI is InChI=1S/C28H37N7O3/c1-4-6-10-33-12-13-35(27-23(5-2)20(3)31-28(32-27)34-11-9-29-18-34)22(17-33)15-26(36)30-16-21-7-8-24-25(14-21)38-19-37-24/h7-9,11,14,18,22H,4-6,10,12-13,15-17,19H2,1-3H3,(H,30,36). The number of nitrogens with zero attached hydrogens (tertiary/aromatic N) is 6. The van der Waals surface area contributed by atoms with Crippen LogP contribution in [-0.2, 0) is 17.8 Å². The van der Waals surface area contributed by atoms with Crippen LogP contribution < -0.4 is 19.7 Å². The fourth-order valence-corrected chi connectivity index (χ4v) is 5.21. The summed E-state index contributed by atoms with van der Waals surface area (Å²) in [5.41, 5.74) is 3.07. The molecule has 3 aromatic rings. The molecule has 1 aromatic carbocycles. The predicted molar refractivity (Wildman–Crippen MR) is 145 cm³/mol. The van der Waals surface area contributed by atoms with Crippen LogP contribution in [0.4, 0.5) is 5.82 Å². The van der Waals surface area contributed by atoms with Gasteiger partial charge < -0.3 is 19.7 Å². The maximum atomic E-state index is 13.2. The molecule has 10 heteroatoms. The zero-order valence-corrected chi connectivity index (χ0v) is 22.5. The summed E-state index contributed by atoms with van der Waals surface area (Å²) in [5.74, 6) is 3.02. The van der Waals surface area contributed by atoms with Crippen LogP contribution in [0.3, 0.4) is 0 Å². The van der Waals surface area contributed by atoms with E-state index in [2.05, 4.69) is 33.9 Å². The molecule has 0 saturated carbocycles. The van der Waals surface area contributed by atoms with Gasteiger partial charge in [-0.15, -0.1) is 0 Å². The Morgan fingerprint density at radius 3 is 2.82 bits per heavy atom. The van der Waals surface area contributed by atoms with E-state index in [0.29, 0.717) is 18.9 Å². The summed E-state index contributed by atoms with van der Waals surface area (Å²) in [7, 11) is 0. The third-order valence-electron chi connectivity index (χ3n) is 7.28. The molecule has 0 bridgehead atoms. The lowest BCUT2D eigenvalue weighted by Crippen LogP contribution is -2.55. The van der Waals surface area contributed by atoms with Gasteiger partial charge in [0.25, 0.3) is 0 Å². The molecule has 1 N–H and O–H groups in total. The molecule has 0 aliphatic carbocycles. The summed E-state index contributed by atoms with van der Waals surface area (Å²) in [6.07, 6.45) is 8.82. The van der Waals surface area contributed by atoms with Gasteiger partial charge in [-0.3, -0.25) is 14.3 Å². The van der Waals surface area contributed by atoms with E-state index < -0.39 is 0 Å². The first-order valence-electron chi connectivity index (χ1n) is 13.6. The summed E-state index contributed by atoms with van der Waals surface area (Å²) < 4.78 is 12.7. The summed E-state index contributed by atoms with van der Waals surface area (Å²) >= 11 is 0. The fourth-order valence-electron chi connectivity index (χ4n) is 5.21. The van der Waals surface area contributed by atoms with Crippen LogP contribution in [0.25, 0.3) is 5.95 Å². The number of imidazole rings is 1. The molecule has 38 heavy (non-hydrogen) atoms. The number of hydrogen-bond acceptors (Lipinski definition) is 8. The summed E-state index contributed by atoms with van der Waals surface area (Å²) in [5, 5.41) is 3.12. The van der Waals surface area contributed by atoms with Gasteiger partial charge in [-0.25, -0.2) is 9.97 Å². The molecule has 1 fully saturated rings. The van der Waals surface area contributed by atoms with Crippen molar-refractivity contribution in [3.63, 3.8) is 0 Å². The average molecular weight is 520 g/mol. The molecule has 0 radical (unpaired) electrons. The number of rotatable bonds is 10. The van der Waals surface area contributed by atoms with E-state index in [4.69, 9.17) is 19.4 Å². The van der Waals surface area contributed by atoms with E-state index in [1.165, 1.54) is 0 Å². The second-order valence-corrected chi connectivity index (χ2v) is 9.90. The number of unbranched alkanes of at least 4 members (excludes halogenated alkanes) is 1. The molecule has 1 saturated heterocycles. The number of aromatic nitrogens is 4. The van der Waals surface area contributed by atoms with Crippen LogP contribution in [0.5, 0.6) is 11.5 Å². The summed E-state index contributed by atoms with van der Waals surface area (Å²) in [6.45, 7) is 10.7. The lowest BCUT2D eigenvalue weighted by atomic mass is 10.0. The molecule has 2 aliphatic heterocycles. The van der Waals surface area contributed by atoms with Crippen molar-refractivity contribution in [2.24, 2.45) is 0 Å². The third-order valence-corrected chi connectivity index (χ3v) is 7.28. The Balaban J connectivity index is 1.35. The molecular weight excluding hydrogens is 482 g/mol. The van der Waals surface area contributed by atoms with Crippen LogP contribution in [0, 0.1) is 6.92 Å². The zero-order valence-electron chi connectivity index (χ0n) is 22.5. The van der Waals surface area contributed by atoms with Gasteiger partial charge in [-0.1, -0.05) is 26.3 Å². The molecular formula is C28H37N7O3. The minimum Gasteiger partial charge on any atom is -0.454 e. The van der Waals surface area contributed by atoms with Crippen molar-refractivity contribution in [2.45, 2.75) is 59.0 Å². The van der Waals surface area contributed by atoms with Gasteiger partial charge in [0.15, 0.2) is 11.5 Å². The van der Waals surface area contributed by atoms with Crippen molar-refractivity contribution in [3.8, 4) is 17.4 Å². The Labute approximate surface area is 224 Å². The molecule has 1 atom stereocenters. The van der Waals surface area contributed by atoms with Crippen LogP contribution in [0.15, 0.2) is 36.9 Å². The van der Waals surface area contributed by atoms with Crippen molar-refractivity contribution >= 4 is 11.7 Å². The Morgan fingerprint density at radius 2 is 2.03 bits per heavy atom. The van der Waals surface area contributed by atoms with Crippen LogP contribution >= 0.6 is 0 Å². The number of ether oxygens (including phenoxy) is 2. The molecule has 4 heterocycles. The van der Waals surface area contributed by atoms with Crippen LogP contribution in [0.1, 0.15) is 49.9 Å². The first-order valence-corrected chi connectivity index (χ1v) is 13.6. The molecule has 1 unspecified atom stereocenters. The maximum absolute atomic E-state index is 13.2. The second kappa shape index (κ2) is 11.8.